The summed E-state index contributed by atoms with van der Waals surface area (Å²) < 4.78 is 5.44. The normalized spacial score (nSPS) is 36.8. The Morgan fingerprint density at radius 1 is 1.71 bits per heavy atom. The van der Waals surface area contributed by atoms with Crippen molar-refractivity contribution in [1.82, 2.24) is 4.90 Å². The second-order valence-corrected chi connectivity index (χ2v) is 3.95. The van der Waals surface area contributed by atoms with E-state index in [1.807, 2.05) is 6.07 Å². The van der Waals surface area contributed by atoms with Crippen molar-refractivity contribution in [3.63, 3.8) is 0 Å². The van der Waals surface area contributed by atoms with Gasteiger partial charge < -0.3 is 25.6 Å². The molecule has 92 valence electrons. The molecular formula is C10H14N4O3. The van der Waals surface area contributed by atoms with Crippen LogP contribution in [0.15, 0.2) is 17.3 Å². The fraction of sp³-hybridized carbons (Fsp3) is 0.600. The van der Waals surface area contributed by atoms with Gasteiger partial charge in [-0.2, -0.15) is 5.26 Å². The van der Waals surface area contributed by atoms with E-state index in [1.165, 1.54) is 0 Å². The maximum absolute atomic E-state index is 9.78. The number of amidine groups is 1. The molecule has 2 aliphatic rings. The zero-order chi connectivity index (χ0) is 12.4. The predicted octanol–water partition coefficient (Wildman–Crippen LogP) is -1.65. The van der Waals surface area contributed by atoms with Gasteiger partial charge in [-0.3, -0.25) is 0 Å². The first-order chi connectivity index (χ1) is 8.17. The third-order valence-electron chi connectivity index (χ3n) is 2.88. The van der Waals surface area contributed by atoms with Crippen LogP contribution in [0, 0.1) is 17.2 Å². The average molecular weight is 238 g/mol. The molecule has 2 heterocycles. The molecule has 0 aromatic carbocycles. The minimum absolute atomic E-state index is 0.274. The van der Waals surface area contributed by atoms with Crippen LogP contribution in [-0.2, 0) is 4.74 Å². The molecule has 4 N–H and O–H groups in total. The average Bonchev–Trinajstić information content (AvgIpc) is 2.66. The van der Waals surface area contributed by atoms with E-state index in [0.29, 0.717) is 5.84 Å². The van der Waals surface area contributed by atoms with Crippen LogP contribution in [0.25, 0.3) is 0 Å². The van der Waals surface area contributed by atoms with E-state index < -0.39 is 24.4 Å². The van der Waals surface area contributed by atoms with E-state index in [2.05, 4.69) is 4.99 Å². The molecule has 4 atom stereocenters. The molecule has 0 unspecified atom stereocenters. The fourth-order valence-corrected chi connectivity index (χ4v) is 1.92. The van der Waals surface area contributed by atoms with E-state index in [0.717, 1.165) is 0 Å². The van der Waals surface area contributed by atoms with E-state index >= 15 is 0 Å². The van der Waals surface area contributed by atoms with Gasteiger partial charge in [-0.05, 0) is 6.08 Å². The van der Waals surface area contributed by atoms with Crippen molar-refractivity contribution in [2.75, 3.05) is 13.3 Å². The van der Waals surface area contributed by atoms with Gasteiger partial charge in [-0.1, -0.05) is 0 Å². The number of hydrogen-bond donors (Lipinski definition) is 3. The van der Waals surface area contributed by atoms with Gasteiger partial charge in [0, 0.05) is 6.20 Å². The van der Waals surface area contributed by atoms with Crippen LogP contribution < -0.4 is 5.73 Å². The molecule has 0 saturated carbocycles. The SMILES string of the molecule is N#C[C@H]1[C@H](O)[C@@H](CO)O[C@H]1N1C=CC(N)=NC1. The lowest BCUT2D eigenvalue weighted by molar-refractivity contribution is -0.0661. The van der Waals surface area contributed by atoms with E-state index in [1.54, 1.807) is 17.2 Å². The summed E-state index contributed by atoms with van der Waals surface area (Å²) in [5, 5.41) is 27.8. The number of ether oxygens (including phenoxy) is 1. The lowest BCUT2D eigenvalue weighted by Gasteiger charge is -2.28. The van der Waals surface area contributed by atoms with Crippen LogP contribution in [0.5, 0.6) is 0 Å². The first-order valence-electron chi connectivity index (χ1n) is 5.25. The quantitative estimate of drug-likeness (QED) is 0.531. The largest absolute Gasteiger partial charge is 0.394 e. The van der Waals surface area contributed by atoms with Crippen molar-refractivity contribution in [2.45, 2.75) is 18.4 Å². The first kappa shape index (κ1) is 11.9. The molecule has 7 nitrogen and oxygen atoms in total. The van der Waals surface area contributed by atoms with Gasteiger partial charge in [-0.25, -0.2) is 4.99 Å². The zero-order valence-corrected chi connectivity index (χ0v) is 9.10. The highest BCUT2D eigenvalue weighted by molar-refractivity contribution is 5.91. The molecule has 0 radical (unpaired) electrons. The molecule has 0 aliphatic carbocycles. The topological polar surface area (TPSA) is 115 Å². The standard InChI is InChI=1S/C10H14N4O3/c11-3-6-9(16)7(4-15)17-10(6)14-2-1-8(12)13-5-14/h1-2,6-7,9-10,15-16H,4-5H2,(H2,12,13)/t6-,7+,9-,10+/m0/s1. The molecule has 2 rings (SSSR count). The highest BCUT2D eigenvalue weighted by Crippen LogP contribution is 2.29. The van der Waals surface area contributed by atoms with Gasteiger partial charge in [-0.15, -0.1) is 0 Å². The van der Waals surface area contributed by atoms with Crippen LogP contribution in [0.2, 0.25) is 0 Å². The Kier molecular flexibility index (Phi) is 3.28. The Morgan fingerprint density at radius 2 is 2.47 bits per heavy atom. The van der Waals surface area contributed by atoms with Crippen LogP contribution >= 0.6 is 0 Å². The second kappa shape index (κ2) is 4.71. The third-order valence-corrected chi connectivity index (χ3v) is 2.88. The molecule has 0 bridgehead atoms. The number of nitrogens with zero attached hydrogens (tertiary/aromatic N) is 3. The Bertz CT molecular complexity index is 390. The third kappa shape index (κ3) is 2.10. The Morgan fingerprint density at radius 3 is 3.00 bits per heavy atom. The zero-order valence-electron chi connectivity index (χ0n) is 9.10. The number of nitriles is 1. The van der Waals surface area contributed by atoms with Crippen molar-refractivity contribution in [3.8, 4) is 6.07 Å². The van der Waals surface area contributed by atoms with Gasteiger partial charge in [0.2, 0.25) is 0 Å². The smallest absolute Gasteiger partial charge is 0.150 e. The molecule has 0 aromatic rings. The summed E-state index contributed by atoms with van der Waals surface area (Å²) in [6.07, 6.45) is 0.928. The van der Waals surface area contributed by atoms with Crippen molar-refractivity contribution in [1.29, 1.82) is 5.26 Å². The molecule has 1 saturated heterocycles. The maximum atomic E-state index is 9.78. The van der Waals surface area contributed by atoms with Gasteiger partial charge >= 0.3 is 0 Å². The summed E-state index contributed by atoms with van der Waals surface area (Å²) in [5.74, 6) is -0.307. The molecular weight excluding hydrogens is 224 g/mol. The summed E-state index contributed by atoms with van der Waals surface area (Å²) in [6.45, 7) is -0.0468. The maximum Gasteiger partial charge on any atom is 0.150 e. The van der Waals surface area contributed by atoms with Crippen molar-refractivity contribution < 1.29 is 14.9 Å². The molecule has 17 heavy (non-hydrogen) atoms. The van der Waals surface area contributed by atoms with Crippen LogP contribution in [0.3, 0.4) is 0 Å². The van der Waals surface area contributed by atoms with Crippen molar-refractivity contribution in [3.05, 3.63) is 12.3 Å². The number of hydrogen-bond acceptors (Lipinski definition) is 7. The van der Waals surface area contributed by atoms with Crippen molar-refractivity contribution in [2.24, 2.45) is 16.6 Å². The summed E-state index contributed by atoms with van der Waals surface area (Å²) in [7, 11) is 0. The minimum Gasteiger partial charge on any atom is -0.394 e. The number of nitrogens with two attached hydrogens (primary N) is 1. The fourth-order valence-electron chi connectivity index (χ4n) is 1.92. The monoisotopic (exact) mass is 238 g/mol. The summed E-state index contributed by atoms with van der Waals surface area (Å²) in [6, 6.07) is 2.00. The Labute approximate surface area is 98.4 Å². The van der Waals surface area contributed by atoms with Gasteiger partial charge in [0.25, 0.3) is 0 Å². The number of aliphatic hydroxyl groups excluding tert-OH is 2. The second-order valence-electron chi connectivity index (χ2n) is 3.95. The van der Waals surface area contributed by atoms with Crippen LogP contribution in [0.4, 0.5) is 0 Å². The van der Waals surface area contributed by atoms with E-state index in [4.69, 9.17) is 20.8 Å². The highest BCUT2D eigenvalue weighted by Gasteiger charge is 2.45. The van der Waals surface area contributed by atoms with Crippen molar-refractivity contribution >= 4 is 5.84 Å². The van der Waals surface area contributed by atoms with Gasteiger partial charge in [0.15, 0.2) is 0 Å². The molecule has 0 aromatic heterocycles. The Balaban J connectivity index is 2.11. The van der Waals surface area contributed by atoms with Crippen LogP contribution in [-0.4, -0.2) is 52.7 Å². The summed E-state index contributed by atoms with van der Waals surface area (Å²) in [4.78, 5) is 5.67. The summed E-state index contributed by atoms with van der Waals surface area (Å²) >= 11 is 0. The first-order valence-corrected chi connectivity index (χ1v) is 5.25. The predicted molar refractivity (Wildman–Crippen MR) is 58.3 cm³/mol. The lowest BCUT2D eigenvalue weighted by Crippen LogP contribution is -2.39. The molecule has 0 amide bonds. The van der Waals surface area contributed by atoms with E-state index in [9.17, 15) is 5.11 Å². The number of aliphatic hydroxyl groups is 2. The number of aliphatic imine (C=N–C) groups is 1. The lowest BCUT2D eigenvalue weighted by atomic mass is 10.0. The number of rotatable bonds is 2. The van der Waals surface area contributed by atoms with Gasteiger partial charge in [0.1, 0.15) is 36.9 Å². The highest BCUT2D eigenvalue weighted by atomic mass is 16.5. The molecule has 2 aliphatic heterocycles. The Hall–Kier alpha value is -1.62. The minimum atomic E-state index is -0.994. The summed E-state index contributed by atoms with van der Waals surface area (Å²) in [5.41, 5.74) is 5.48. The van der Waals surface area contributed by atoms with Crippen LogP contribution in [0.1, 0.15) is 0 Å². The molecule has 0 spiro atoms. The van der Waals surface area contributed by atoms with Gasteiger partial charge in [0.05, 0.1) is 12.7 Å². The van der Waals surface area contributed by atoms with E-state index in [-0.39, 0.29) is 13.3 Å². The molecule has 1 fully saturated rings. The molecule has 7 heteroatoms.